The number of hydrogen-bond acceptors (Lipinski definition) is 8. The van der Waals surface area contributed by atoms with Crippen LogP contribution in [0.5, 0.6) is 0 Å². The van der Waals surface area contributed by atoms with Gasteiger partial charge in [-0.05, 0) is 41.0 Å². The molecule has 0 aromatic heterocycles. The van der Waals surface area contributed by atoms with Gasteiger partial charge in [-0.2, -0.15) is 0 Å². The number of hydrogen-bond donors (Lipinski definition) is 2. The molecule has 0 aliphatic carbocycles. The average molecular weight is 358 g/mol. The largest absolute Gasteiger partial charge is 0.461 e. The summed E-state index contributed by atoms with van der Waals surface area (Å²) in [4.78, 5) is 46.4. The minimum atomic E-state index is -1.11. The van der Waals surface area contributed by atoms with Crippen LogP contribution in [0, 0.1) is 10.8 Å². The van der Waals surface area contributed by atoms with Crippen LogP contribution in [0.15, 0.2) is 0 Å². The van der Waals surface area contributed by atoms with Crippen molar-refractivity contribution in [1.82, 2.24) is 5.32 Å². The number of nitrogens with one attached hydrogen (secondary N) is 2. The van der Waals surface area contributed by atoms with Crippen LogP contribution in [0.3, 0.4) is 0 Å². The summed E-state index contributed by atoms with van der Waals surface area (Å²) in [7, 11) is 0. The van der Waals surface area contributed by atoms with Gasteiger partial charge in [-0.25, -0.2) is 9.59 Å². The van der Waals surface area contributed by atoms with Crippen LogP contribution in [0.4, 0.5) is 4.79 Å². The highest BCUT2D eigenvalue weighted by molar-refractivity contribution is 6.26. The molecule has 0 radical (unpaired) electrons. The topological polar surface area (TPSA) is 132 Å². The summed E-state index contributed by atoms with van der Waals surface area (Å²) in [5, 5.41) is 9.10. The summed E-state index contributed by atoms with van der Waals surface area (Å²) in [6, 6.07) is -1.11. The van der Waals surface area contributed by atoms with Gasteiger partial charge in [0.2, 0.25) is 6.79 Å². The number of amides is 1. The highest BCUT2D eigenvalue weighted by Gasteiger charge is 2.26. The Kier molecular flexibility index (Phi) is 9.40. The van der Waals surface area contributed by atoms with Crippen LogP contribution in [0.25, 0.3) is 0 Å². The molecule has 0 unspecified atom stereocenters. The number of carbonyl (C=O) groups is 4. The van der Waals surface area contributed by atoms with Gasteiger partial charge in [0.05, 0.1) is 17.7 Å². The van der Waals surface area contributed by atoms with Crippen molar-refractivity contribution in [2.45, 2.75) is 59.6 Å². The van der Waals surface area contributed by atoms with Crippen molar-refractivity contribution in [3.05, 3.63) is 0 Å². The summed E-state index contributed by atoms with van der Waals surface area (Å²) in [5.74, 6) is -1.76. The highest BCUT2D eigenvalue weighted by atomic mass is 16.7. The van der Waals surface area contributed by atoms with E-state index in [1.165, 1.54) is 0 Å². The molecule has 0 aromatic carbocycles. The quantitative estimate of drug-likeness (QED) is 0.363. The number of ketones is 1. The second-order valence-electron chi connectivity index (χ2n) is 6.56. The first-order valence-electron chi connectivity index (χ1n) is 7.81. The lowest BCUT2D eigenvalue weighted by Crippen LogP contribution is -2.43. The van der Waals surface area contributed by atoms with E-state index in [0.29, 0.717) is 6.21 Å². The fourth-order valence-corrected chi connectivity index (χ4v) is 1.46. The van der Waals surface area contributed by atoms with Gasteiger partial charge in [0, 0.05) is 6.42 Å². The van der Waals surface area contributed by atoms with Crippen molar-refractivity contribution in [3.8, 4) is 0 Å². The van der Waals surface area contributed by atoms with E-state index in [-0.39, 0.29) is 12.8 Å². The van der Waals surface area contributed by atoms with E-state index < -0.39 is 48.2 Å². The second kappa shape index (κ2) is 10.4. The Bertz CT molecular complexity index is 509. The third kappa shape index (κ3) is 10.1. The van der Waals surface area contributed by atoms with Gasteiger partial charge in [0.1, 0.15) is 6.04 Å². The molecule has 0 bridgehead atoms. The Morgan fingerprint density at radius 3 is 2.20 bits per heavy atom. The maximum atomic E-state index is 12.0. The second-order valence-corrected chi connectivity index (χ2v) is 6.56. The van der Waals surface area contributed by atoms with E-state index in [1.807, 2.05) is 0 Å². The van der Waals surface area contributed by atoms with Crippen molar-refractivity contribution in [1.29, 1.82) is 5.41 Å². The lowest BCUT2D eigenvalue weighted by molar-refractivity contribution is -0.161. The van der Waals surface area contributed by atoms with Gasteiger partial charge in [0.15, 0.2) is 5.78 Å². The molecule has 9 heteroatoms. The summed E-state index contributed by atoms with van der Waals surface area (Å²) >= 11 is 0. The Morgan fingerprint density at radius 2 is 1.72 bits per heavy atom. The lowest BCUT2D eigenvalue weighted by Gasteiger charge is -2.19. The molecule has 0 saturated heterocycles. The molecule has 0 heterocycles. The fourth-order valence-electron chi connectivity index (χ4n) is 1.46. The first-order valence-corrected chi connectivity index (χ1v) is 7.81. The standard InChI is InChI=1S/C16H26N2O7/c1-10(2)25-13(20)12(7-6-11(19)8-17)18-15(22)24-9-23-14(21)16(3,4)5/h8,10,12,17H,6-7,9H2,1-5H3,(H,18,22)/t12-/m0/s1. The van der Waals surface area contributed by atoms with Gasteiger partial charge in [-0.3, -0.25) is 9.59 Å². The van der Waals surface area contributed by atoms with Crippen LogP contribution in [-0.2, 0) is 28.6 Å². The van der Waals surface area contributed by atoms with Crippen molar-refractivity contribution in [3.63, 3.8) is 0 Å². The number of ether oxygens (including phenoxy) is 3. The molecule has 0 fully saturated rings. The molecule has 9 nitrogen and oxygen atoms in total. The molecule has 142 valence electrons. The van der Waals surface area contributed by atoms with Gasteiger partial charge in [0.25, 0.3) is 0 Å². The van der Waals surface area contributed by atoms with Crippen molar-refractivity contribution in [2.24, 2.45) is 5.41 Å². The van der Waals surface area contributed by atoms with Crippen molar-refractivity contribution < 1.29 is 33.4 Å². The zero-order chi connectivity index (χ0) is 19.6. The number of carbonyl (C=O) groups excluding carboxylic acids is 4. The Labute approximate surface area is 146 Å². The first-order chi connectivity index (χ1) is 11.5. The number of rotatable bonds is 9. The van der Waals surface area contributed by atoms with Gasteiger partial charge in [-0.1, -0.05) is 0 Å². The van der Waals surface area contributed by atoms with Gasteiger partial charge in [-0.15, -0.1) is 0 Å². The van der Waals surface area contributed by atoms with E-state index in [2.05, 4.69) is 5.32 Å². The van der Waals surface area contributed by atoms with E-state index >= 15 is 0 Å². The lowest BCUT2D eigenvalue weighted by atomic mass is 9.98. The summed E-state index contributed by atoms with van der Waals surface area (Å²) in [5.41, 5.74) is -0.740. The minimum Gasteiger partial charge on any atom is -0.461 e. The van der Waals surface area contributed by atoms with E-state index in [0.717, 1.165) is 0 Å². The van der Waals surface area contributed by atoms with Gasteiger partial charge >= 0.3 is 18.0 Å². The first kappa shape index (κ1) is 22.6. The van der Waals surface area contributed by atoms with Crippen LogP contribution in [0.1, 0.15) is 47.5 Å². The Hall–Kier alpha value is -2.45. The zero-order valence-corrected chi connectivity index (χ0v) is 15.2. The smallest absolute Gasteiger partial charge is 0.410 e. The zero-order valence-electron chi connectivity index (χ0n) is 15.2. The van der Waals surface area contributed by atoms with E-state index in [9.17, 15) is 19.2 Å². The summed E-state index contributed by atoms with van der Waals surface area (Å²) < 4.78 is 14.5. The van der Waals surface area contributed by atoms with E-state index in [4.69, 9.17) is 19.6 Å². The third-order valence-corrected chi connectivity index (χ3v) is 2.76. The number of esters is 2. The molecule has 0 rings (SSSR count). The predicted octanol–water partition coefficient (Wildman–Crippen LogP) is 1.58. The van der Waals surface area contributed by atoms with Crippen molar-refractivity contribution in [2.75, 3.05) is 6.79 Å². The highest BCUT2D eigenvalue weighted by Crippen LogP contribution is 2.14. The molecule has 0 saturated carbocycles. The van der Waals surface area contributed by atoms with Crippen molar-refractivity contribution >= 4 is 30.0 Å². The summed E-state index contributed by atoms with van der Waals surface area (Å²) in [6.45, 7) is 7.62. The third-order valence-electron chi connectivity index (χ3n) is 2.76. The normalized spacial score (nSPS) is 12.1. The molecular formula is C16H26N2O7. The fraction of sp³-hybridized carbons (Fsp3) is 0.688. The van der Waals surface area contributed by atoms with E-state index in [1.54, 1.807) is 34.6 Å². The minimum absolute atomic E-state index is 0.0450. The Balaban J connectivity index is 4.58. The van der Waals surface area contributed by atoms with Crippen LogP contribution >= 0.6 is 0 Å². The maximum Gasteiger partial charge on any atom is 0.410 e. The summed E-state index contributed by atoms with van der Waals surface area (Å²) in [6.07, 6.45) is -0.916. The average Bonchev–Trinajstić information content (AvgIpc) is 2.48. The number of alkyl carbamates (subject to hydrolysis) is 1. The molecule has 0 spiro atoms. The van der Waals surface area contributed by atoms with Crippen LogP contribution in [0.2, 0.25) is 0 Å². The predicted molar refractivity (Wildman–Crippen MR) is 88.1 cm³/mol. The molecule has 0 aromatic rings. The molecule has 25 heavy (non-hydrogen) atoms. The maximum absolute atomic E-state index is 12.0. The Morgan fingerprint density at radius 1 is 1.12 bits per heavy atom. The van der Waals surface area contributed by atoms with Gasteiger partial charge < -0.3 is 24.9 Å². The molecule has 0 aliphatic rings. The monoisotopic (exact) mass is 358 g/mol. The van der Waals surface area contributed by atoms with Crippen LogP contribution < -0.4 is 5.32 Å². The molecule has 1 amide bonds. The molecule has 0 aliphatic heterocycles. The SMILES string of the molecule is CC(C)OC(=O)[C@H](CCC(=O)C=N)NC(=O)OCOC(=O)C(C)(C)C. The number of Topliss-reactive ketones (excluding diaryl/α,β-unsaturated/α-hetero) is 1. The molecule has 1 atom stereocenters. The van der Waals surface area contributed by atoms with Crippen LogP contribution in [-0.4, -0.2) is 49.0 Å². The molecular weight excluding hydrogens is 332 g/mol. The molecule has 2 N–H and O–H groups in total.